The van der Waals surface area contributed by atoms with Gasteiger partial charge in [-0.2, -0.15) is 0 Å². The van der Waals surface area contributed by atoms with Crippen LogP contribution in [-0.2, 0) is 9.59 Å². The summed E-state index contributed by atoms with van der Waals surface area (Å²) in [4.78, 5) is 21.8. The standard InChI is InChI=1S/C18H30O3/c1-2-3-11-14-17(19)15-12-9-7-5-4-6-8-10-13-16-18(20)21/h7,9,12,15H,2-6,8,10-11,13-14,16H2,1H3,(H,20,21)/b9-7?,15-12+. The Kier molecular flexibility index (Phi) is 14.0. The van der Waals surface area contributed by atoms with Crippen LogP contribution in [0.1, 0.15) is 77.6 Å². The second-order valence-corrected chi connectivity index (χ2v) is 5.41. The summed E-state index contributed by atoms with van der Waals surface area (Å²) in [6, 6.07) is 0. The summed E-state index contributed by atoms with van der Waals surface area (Å²) < 4.78 is 0. The van der Waals surface area contributed by atoms with E-state index in [1.807, 2.05) is 12.2 Å². The van der Waals surface area contributed by atoms with Crippen molar-refractivity contribution >= 4 is 11.8 Å². The highest BCUT2D eigenvalue weighted by Gasteiger charge is 1.96. The van der Waals surface area contributed by atoms with Gasteiger partial charge in [0, 0.05) is 12.8 Å². The van der Waals surface area contributed by atoms with Crippen LogP contribution in [0.5, 0.6) is 0 Å². The van der Waals surface area contributed by atoms with Crippen LogP contribution >= 0.6 is 0 Å². The number of allylic oxidation sites excluding steroid dienone is 4. The first-order valence-electron chi connectivity index (χ1n) is 8.24. The second kappa shape index (κ2) is 15.0. The van der Waals surface area contributed by atoms with Gasteiger partial charge in [0.05, 0.1) is 0 Å². The number of aliphatic carboxylic acids is 1. The van der Waals surface area contributed by atoms with Crippen LogP contribution in [-0.4, -0.2) is 16.9 Å². The molecule has 0 aromatic heterocycles. The van der Waals surface area contributed by atoms with Crippen molar-refractivity contribution in [3.63, 3.8) is 0 Å². The topological polar surface area (TPSA) is 54.4 Å². The van der Waals surface area contributed by atoms with Gasteiger partial charge in [0.15, 0.2) is 5.78 Å². The monoisotopic (exact) mass is 294 g/mol. The Morgan fingerprint density at radius 1 is 0.857 bits per heavy atom. The van der Waals surface area contributed by atoms with Crippen molar-refractivity contribution in [2.45, 2.75) is 77.6 Å². The van der Waals surface area contributed by atoms with Crippen LogP contribution in [0.2, 0.25) is 0 Å². The highest BCUT2D eigenvalue weighted by Crippen LogP contribution is 2.07. The Morgan fingerprint density at radius 2 is 1.52 bits per heavy atom. The Hall–Kier alpha value is -1.38. The summed E-state index contributed by atoms with van der Waals surface area (Å²) in [5, 5.41) is 8.50. The smallest absolute Gasteiger partial charge is 0.303 e. The van der Waals surface area contributed by atoms with Crippen molar-refractivity contribution < 1.29 is 14.7 Å². The van der Waals surface area contributed by atoms with E-state index in [2.05, 4.69) is 13.0 Å². The van der Waals surface area contributed by atoms with Gasteiger partial charge in [-0.3, -0.25) is 9.59 Å². The average molecular weight is 294 g/mol. The van der Waals surface area contributed by atoms with Crippen LogP contribution in [0.15, 0.2) is 24.3 Å². The average Bonchev–Trinajstić information content (AvgIpc) is 2.44. The fourth-order valence-corrected chi connectivity index (χ4v) is 2.04. The number of carbonyl (C=O) groups is 2. The molecule has 0 saturated heterocycles. The van der Waals surface area contributed by atoms with Gasteiger partial charge in [-0.05, 0) is 31.8 Å². The summed E-state index contributed by atoms with van der Waals surface area (Å²) in [5.74, 6) is -0.486. The van der Waals surface area contributed by atoms with Crippen LogP contribution in [0.3, 0.4) is 0 Å². The lowest BCUT2D eigenvalue weighted by atomic mass is 10.1. The molecule has 0 aliphatic rings. The van der Waals surface area contributed by atoms with Gasteiger partial charge in [0.2, 0.25) is 0 Å². The molecule has 0 spiro atoms. The molecule has 0 rings (SSSR count). The number of rotatable bonds is 14. The number of carboxylic acid groups (broad SMARTS) is 1. The third kappa shape index (κ3) is 16.6. The lowest BCUT2D eigenvalue weighted by molar-refractivity contribution is -0.137. The van der Waals surface area contributed by atoms with Crippen molar-refractivity contribution in [2.75, 3.05) is 0 Å². The van der Waals surface area contributed by atoms with Crippen molar-refractivity contribution in [3.05, 3.63) is 24.3 Å². The van der Waals surface area contributed by atoms with E-state index >= 15 is 0 Å². The van der Waals surface area contributed by atoms with E-state index in [-0.39, 0.29) is 12.2 Å². The van der Waals surface area contributed by atoms with Crippen LogP contribution in [0, 0.1) is 0 Å². The highest BCUT2D eigenvalue weighted by atomic mass is 16.4. The largest absolute Gasteiger partial charge is 0.481 e. The molecule has 0 aliphatic heterocycles. The van der Waals surface area contributed by atoms with E-state index in [1.54, 1.807) is 6.08 Å². The van der Waals surface area contributed by atoms with Gasteiger partial charge in [0.1, 0.15) is 0 Å². The van der Waals surface area contributed by atoms with Crippen molar-refractivity contribution in [3.8, 4) is 0 Å². The van der Waals surface area contributed by atoms with Gasteiger partial charge >= 0.3 is 5.97 Å². The predicted octanol–water partition coefficient (Wildman–Crippen LogP) is 5.06. The lowest BCUT2D eigenvalue weighted by Gasteiger charge is -1.97. The van der Waals surface area contributed by atoms with Gasteiger partial charge in [0.25, 0.3) is 0 Å². The van der Waals surface area contributed by atoms with E-state index in [1.165, 1.54) is 0 Å². The number of hydrogen-bond donors (Lipinski definition) is 1. The maximum Gasteiger partial charge on any atom is 0.303 e. The lowest BCUT2D eigenvalue weighted by Crippen LogP contribution is -1.93. The van der Waals surface area contributed by atoms with E-state index in [0.29, 0.717) is 6.42 Å². The fraction of sp³-hybridized carbons (Fsp3) is 0.667. The Bertz CT molecular complexity index is 329. The van der Waals surface area contributed by atoms with Gasteiger partial charge < -0.3 is 5.11 Å². The molecule has 0 radical (unpaired) electrons. The first-order chi connectivity index (χ1) is 10.2. The third-order valence-corrected chi connectivity index (χ3v) is 3.32. The molecule has 120 valence electrons. The SMILES string of the molecule is CCCCCC(=O)/C=C/C=CCCCCCCCC(=O)O. The van der Waals surface area contributed by atoms with Crippen LogP contribution < -0.4 is 0 Å². The first-order valence-corrected chi connectivity index (χ1v) is 8.24. The zero-order chi connectivity index (χ0) is 15.8. The van der Waals surface area contributed by atoms with E-state index in [0.717, 1.165) is 57.8 Å². The summed E-state index contributed by atoms with van der Waals surface area (Å²) in [6.45, 7) is 2.13. The molecule has 0 aliphatic carbocycles. The molecule has 0 amide bonds. The molecule has 1 N–H and O–H groups in total. The number of hydrogen-bond acceptors (Lipinski definition) is 2. The third-order valence-electron chi connectivity index (χ3n) is 3.32. The minimum atomic E-state index is -0.700. The molecular weight excluding hydrogens is 264 g/mol. The van der Waals surface area contributed by atoms with E-state index in [9.17, 15) is 9.59 Å². The molecule has 0 aromatic carbocycles. The quantitative estimate of drug-likeness (QED) is 0.277. The molecule has 0 bridgehead atoms. The van der Waals surface area contributed by atoms with Crippen molar-refractivity contribution in [1.29, 1.82) is 0 Å². The molecular formula is C18H30O3. The summed E-state index contributed by atoms with van der Waals surface area (Å²) in [6.07, 6.45) is 17.9. The predicted molar refractivity (Wildman–Crippen MR) is 87.4 cm³/mol. The molecule has 0 aromatic rings. The molecule has 0 unspecified atom stereocenters. The van der Waals surface area contributed by atoms with Crippen molar-refractivity contribution in [1.82, 2.24) is 0 Å². The van der Waals surface area contributed by atoms with Gasteiger partial charge in [-0.25, -0.2) is 0 Å². The first kappa shape index (κ1) is 19.6. The van der Waals surface area contributed by atoms with E-state index < -0.39 is 5.97 Å². The molecule has 0 saturated carbocycles. The minimum absolute atomic E-state index is 0.214. The number of ketones is 1. The van der Waals surface area contributed by atoms with Crippen LogP contribution in [0.4, 0.5) is 0 Å². The maximum atomic E-state index is 11.4. The molecule has 3 heteroatoms. The normalized spacial score (nSPS) is 11.5. The Balaban J connectivity index is 3.39. The fourth-order valence-electron chi connectivity index (χ4n) is 2.04. The van der Waals surface area contributed by atoms with Gasteiger partial charge in [-0.15, -0.1) is 0 Å². The second-order valence-electron chi connectivity index (χ2n) is 5.41. The molecule has 0 atom stereocenters. The zero-order valence-corrected chi connectivity index (χ0v) is 13.4. The van der Waals surface area contributed by atoms with Gasteiger partial charge in [-0.1, -0.05) is 57.3 Å². The molecule has 0 fully saturated rings. The molecule has 3 nitrogen and oxygen atoms in total. The number of carboxylic acids is 1. The summed E-state index contributed by atoms with van der Waals surface area (Å²) in [5.41, 5.74) is 0. The number of unbranched alkanes of at least 4 members (excludes halogenated alkanes) is 7. The maximum absolute atomic E-state index is 11.4. The Labute approximate surface area is 129 Å². The van der Waals surface area contributed by atoms with Crippen molar-refractivity contribution in [2.24, 2.45) is 0 Å². The highest BCUT2D eigenvalue weighted by molar-refractivity contribution is 5.89. The molecule has 0 heterocycles. The van der Waals surface area contributed by atoms with E-state index in [4.69, 9.17) is 5.11 Å². The Morgan fingerprint density at radius 3 is 2.24 bits per heavy atom. The zero-order valence-electron chi connectivity index (χ0n) is 13.4. The summed E-state index contributed by atoms with van der Waals surface area (Å²) in [7, 11) is 0. The number of carbonyl (C=O) groups excluding carboxylic acids is 1. The minimum Gasteiger partial charge on any atom is -0.481 e. The van der Waals surface area contributed by atoms with Crippen LogP contribution in [0.25, 0.3) is 0 Å². The molecule has 21 heavy (non-hydrogen) atoms. The summed E-state index contributed by atoms with van der Waals surface area (Å²) >= 11 is 0.